The Morgan fingerprint density at radius 3 is 2.54 bits per heavy atom. The van der Waals surface area contributed by atoms with Gasteiger partial charge in [-0.1, -0.05) is 42.1 Å². The van der Waals surface area contributed by atoms with Crippen LogP contribution in [-0.2, 0) is 17.9 Å². The van der Waals surface area contributed by atoms with Crippen LogP contribution in [0.4, 0.5) is 0 Å². The highest BCUT2D eigenvalue weighted by molar-refractivity contribution is 7.98. The van der Waals surface area contributed by atoms with Gasteiger partial charge < -0.3 is 9.47 Å². The first-order valence-electron chi connectivity index (χ1n) is 7.65. The molecule has 0 atom stereocenters. The summed E-state index contributed by atoms with van der Waals surface area (Å²) in [6.07, 6.45) is 1.80. The third kappa shape index (κ3) is 3.97. The van der Waals surface area contributed by atoms with Crippen molar-refractivity contribution in [1.29, 1.82) is 0 Å². The highest BCUT2D eigenvalue weighted by Crippen LogP contribution is 2.19. The van der Waals surface area contributed by atoms with E-state index in [1.807, 2.05) is 37.3 Å². The van der Waals surface area contributed by atoms with Crippen LogP contribution in [0.5, 0.6) is 5.75 Å². The number of esters is 1. The van der Waals surface area contributed by atoms with Gasteiger partial charge in [0.2, 0.25) is 5.75 Å². The van der Waals surface area contributed by atoms with E-state index < -0.39 is 5.97 Å². The molecule has 7 heteroatoms. The molecule has 128 valence electrons. The topological polar surface area (TPSA) is 70.4 Å². The van der Waals surface area contributed by atoms with Gasteiger partial charge in [0.1, 0.15) is 6.61 Å². The Labute approximate surface area is 144 Å². The lowest BCUT2D eigenvalue weighted by Gasteiger charge is -2.14. The molecular formula is C17H20N2O4S. The summed E-state index contributed by atoms with van der Waals surface area (Å²) in [5.74, 6) is -0.729. The maximum Gasteiger partial charge on any atom is 0.361 e. The monoisotopic (exact) mass is 348 g/mol. The summed E-state index contributed by atoms with van der Waals surface area (Å²) >= 11 is 1.30. The Hall–Kier alpha value is -2.28. The van der Waals surface area contributed by atoms with Crippen LogP contribution in [0.2, 0.25) is 0 Å². The van der Waals surface area contributed by atoms with Crippen molar-refractivity contribution in [2.45, 2.75) is 32.2 Å². The normalized spacial score (nSPS) is 10.5. The average molecular weight is 348 g/mol. The molecular weight excluding hydrogens is 328 g/mol. The molecule has 2 aromatic rings. The van der Waals surface area contributed by atoms with Crippen molar-refractivity contribution < 1.29 is 14.3 Å². The number of benzene rings is 1. The van der Waals surface area contributed by atoms with E-state index in [2.05, 4.69) is 4.98 Å². The second kappa shape index (κ2) is 8.54. The van der Waals surface area contributed by atoms with Crippen LogP contribution in [0.15, 0.2) is 40.3 Å². The molecule has 0 aliphatic rings. The lowest BCUT2D eigenvalue weighted by Crippen LogP contribution is -2.28. The molecule has 1 aromatic carbocycles. The molecule has 0 radical (unpaired) electrons. The lowest BCUT2D eigenvalue weighted by atomic mass is 10.2. The summed E-state index contributed by atoms with van der Waals surface area (Å²) < 4.78 is 12.1. The zero-order valence-electron chi connectivity index (χ0n) is 13.9. The Balaban J connectivity index is 2.45. The summed E-state index contributed by atoms with van der Waals surface area (Å²) in [5.41, 5.74) is 0.436. The molecule has 1 aromatic heterocycles. The molecule has 0 amide bonds. The third-order valence-corrected chi connectivity index (χ3v) is 3.96. The summed E-state index contributed by atoms with van der Waals surface area (Å²) in [4.78, 5) is 29.2. The van der Waals surface area contributed by atoms with Gasteiger partial charge in [-0.2, -0.15) is 0 Å². The summed E-state index contributed by atoms with van der Waals surface area (Å²) in [7, 11) is 0. The molecule has 0 fully saturated rings. The Morgan fingerprint density at radius 1 is 1.25 bits per heavy atom. The highest BCUT2D eigenvalue weighted by Gasteiger charge is 2.23. The molecule has 0 N–H and O–H groups in total. The smallest absolute Gasteiger partial charge is 0.361 e. The summed E-state index contributed by atoms with van der Waals surface area (Å²) in [6, 6.07) is 9.42. The first-order valence-corrected chi connectivity index (χ1v) is 8.87. The minimum atomic E-state index is -0.656. The molecule has 0 spiro atoms. The van der Waals surface area contributed by atoms with E-state index in [0.717, 1.165) is 5.56 Å². The largest absolute Gasteiger partial charge is 0.481 e. The van der Waals surface area contributed by atoms with Gasteiger partial charge in [0.15, 0.2) is 10.9 Å². The van der Waals surface area contributed by atoms with Crippen molar-refractivity contribution >= 4 is 17.7 Å². The third-order valence-electron chi connectivity index (χ3n) is 3.29. The summed E-state index contributed by atoms with van der Waals surface area (Å²) in [5, 5.41) is 0.456. The number of hydrogen-bond donors (Lipinski definition) is 0. The number of hydrogen-bond acceptors (Lipinski definition) is 6. The van der Waals surface area contributed by atoms with Crippen molar-refractivity contribution in [3.63, 3.8) is 0 Å². The summed E-state index contributed by atoms with van der Waals surface area (Å²) in [6.45, 7) is 4.35. The fraction of sp³-hybridized carbons (Fsp3) is 0.353. The minimum absolute atomic E-state index is 0.0723. The molecule has 0 bridgehead atoms. The number of rotatable bonds is 7. The van der Waals surface area contributed by atoms with Crippen LogP contribution < -0.4 is 10.3 Å². The van der Waals surface area contributed by atoms with Gasteiger partial charge in [-0.25, -0.2) is 9.78 Å². The van der Waals surface area contributed by atoms with E-state index in [-0.39, 0.29) is 30.2 Å². The SMILES string of the molecule is CCOC(=O)c1nc(SC)n(CC)c(=O)c1OCc1ccccc1. The second-order valence-electron chi connectivity index (χ2n) is 4.82. The van der Waals surface area contributed by atoms with Gasteiger partial charge in [-0.05, 0) is 25.7 Å². The molecule has 0 unspecified atom stereocenters. The maximum atomic E-state index is 12.7. The van der Waals surface area contributed by atoms with Crippen molar-refractivity contribution in [1.82, 2.24) is 9.55 Å². The molecule has 0 saturated heterocycles. The molecule has 2 rings (SSSR count). The van der Waals surface area contributed by atoms with Gasteiger partial charge in [-0.15, -0.1) is 0 Å². The quantitative estimate of drug-likeness (QED) is 0.435. The average Bonchev–Trinajstić information content (AvgIpc) is 2.61. The second-order valence-corrected chi connectivity index (χ2v) is 5.59. The molecule has 0 saturated carbocycles. The predicted octanol–water partition coefficient (Wildman–Crippen LogP) is 2.74. The zero-order valence-corrected chi connectivity index (χ0v) is 14.8. The van der Waals surface area contributed by atoms with Crippen molar-refractivity contribution in [3.05, 3.63) is 51.9 Å². The first-order chi connectivity index (χ1) is 11.6. The zero-order chi connectivity index (χ0) is 17.5. The van der Waals surface area contributed by atoms with Gasteiger partial charge in [0.05, 0.1) is 6.61 Å². The minimum Gasteiger partial charge on any atom is -0.481 e. The number of carbonyl (C=O) groups excluding carboxylic acids is 1. The van der Waals surface area contributed by atoms with Gasteiger partial charge in [0.25, 0.3) is 5.56 Å². The molecule has 0 aliphatic heterocycles. The number of ether oxygens (including phenoxy) is 2. The van der Waals surface area contributed by atoms with Crippen molar-refractivity contribution in [2.75, 3.05) is 12.9 Å². The fourth-order valence-corrected chi connectivity index (χ4v) is 2.76. The molecule has 0 aliphatic carbocycles. The Kier molecular flexibility index (Phi) is 6.43. The van der Waals surface area contributed by atoms with Gasteiger partial charge in [0, 0.05) is 6.54 Å². The van der Waals surface area contributed by atoms with Gasteiger partial charge in [-0.3, -0.25) is 9.36 Å². The highest BCUT2D eigenvalue weighted by atomic mass is 32.2. The van der Waals surface area contributed by atoms with Crippen molar-refractivity contribution in [3.8, 4) is 5.75 Å². The fourth-order valence-electron chi connectivity index (χ4n) is 2.15. The van der Waals surface area contributed by atoms with E-state index in [9.17, 15) is 9.59 Å². The van der Waals surface area contributed by atoms with E-state index in [1.54, 1.807) is 13.2 Å². The number of carbonyl (C=O) groups is 1. The number of aromatic nitrogens is 2. The van der Waals surface area contributed by atoms with Crippen LogP contribution in [0, 0.1) is 0 Å². The maximum absolute atomic E-state index is 12.7. The lowest BCUT2D eigenvalue weighted by molar-refractivity contribution is 0.0511. The van der Waals surface area contributed by atoms with Crippen molar-refractivity contribution in [2.24, 2.45) is 0 Å². The number of thioether (sulfide) groups is 1. The van der Waals surface area contributed by atoms with E-state index in [0.29, 0.717) is 11.7 Å². The van der Waals surface area contributed by atoms with Crippen LogP contribution in [0.3, 0.4) is 0 Å². The first kappa shape index (κ1) is 18.1. The van der Waals surface area contributed by atoms with Crippen LogP contribution in [0.1, 0.15) is 29.9 Å². The van der Waals surface area contributed by atoms with E-state index in [4.69, 9.17) is 9.47 Å². The Bertz CT molecular complexity index is 759. The standard InChI is InChI=1S/C17H20N2O4S/c1-4-19-15(20)14(23-11-12-9-7-6-8-10-12)13(16(21)22-5-2)18-17(19)24-3/h6-10H,4-5,11H2,1-3H3. The van der Waals surface area contributed by atoms with E-state index in [1.165, 1.54) is 16.3 Å². The Morgan fingerprint density at radius 2 is 1.96 bits per heavy atom. The van der Waals surface area contributed by atoms with Crippen LogP contribution in [-0.4, -0.2) is 28.4 Å². The van der Waals surface area contributed by atoms with Gasteiger partial charge >= 0.3 is 5.97 Å². The molecule has 6 nitrogen and oxygen atoms in total. The van der Waals surface area contributed by atoms with Crippen LogP contribution >= 0.6 is 11.8 Å². The van der Waals surface area contributed by atoms with E-state index >= 15 is 0 Å². The molecule has 1 heterocycles. The predicted molar refractivity (Wildman–Crippen MR) is 92.7 cm³/mol. The number of nitrogens with zero attached hydrogens (tertiary/aromatic N) is 2. The molecule has 24 heavy (non-hydrogen) atoms. The van der Waals surface area contributed by atoms with Crippen LogP contribution in [0.25, 0.3) is 0 Å².